The molecule has 1 fully saturated rings. The largest absolute Gasteiger partial charge is 0.435 e. The molecule has 1 N–H and O–H groups in total. The maximum atomic E-state index is 12.7. The third-order valence-corrected chi connectivity index (χ3v) is 5.32. The third-order valence-electron chi connectivity index (χ3n) is 5.32. The van der Waals surface area contributed by atoms with Crippen molar-refractivity contribution in [3.63, 3.8) is 0 Å². The Bertz CT molecular complexity index is 1090. The number of carbonyl (C=O) groups excluding carboxylic acids is 2. The molecule has 166 valence electrons. The highest BCUT2D eigenvalue weighted by atomic mass is 19.4. The van der Waals surface area contributed by atoms with Gasteiger partial charge in [-0.25, -0.2) is 4.68 Å². The Morgan fingerprint density at radius 3 is 2.19 bits per heavy atom. The van der Waals surface area contributed by atoms with Crippen molar-refractivity contribution in [2.24, 2.45) is 0 Å². The summed E-state index contributed by atoms with van der Waals surface area (Å²) < 4.78 is 39.2. The van der Waals surface area contributed by atoms with E-state index in [1.807, 2.05) is 0 Å². The fourth-order valence-electron chi connectivity index (χ4n) is 3.56. The predicted octanol–water partition coefficient (Wildman–Crippen LogP) is 3.32. The fraction of sp³-hybridized carbons (Fsp3) is 0.273. The highest BCUT2D eigenvalue weighted by molar-refractivity contribution is 5.95. The zero-order chi connectivity index (χ0) is 22.7. The second-order valence-corrected chi connectivity index (χ2v) is 7.47. The highest BCUT2D eigenvalue weighted by Crippen LogP contribution is 2.28. The Labute approximate surface area is 181 Å². The number of pyridine rings is 1. The van der Waals surface area contributed by atoms with Crippen molar-refractivity contribution in [2.45, 2.75) is 25.1 Å². The number of piperidine rings is 1. The number of rotatable bonds is 4. The molecule has 1 aliphatic heterocycles. The van der Waals surface area contributed by atoms with Crippen LogP contribution in [0.5, 0.6) is 0 Å². The first-order valence-corrected chi connectivity index (χ1v) is 10.0. The molecule has 0 unspecified atom stereocenters. The molecule has 2 amide bonds. The Morgan fingerprint density at radius 2 is 1.59 bits per heavy atom. The second-order valence-electron chi connectivity index (χ2n) is 7.47. The lowest BCUT2D eigenvalue weighted by molar-refractivity contribution is -0.141. The summed E-state index contributed by atoms with van der Waals surface area (Å²) in [7, 11) is 0. The first kappa shape index (κ1) is 21.5. The van der Waals surface area contributed by atoms with Crippen LogP contribution in [-0.2, 0) is 6.18 Å². The van der Waals surface area contributed by atoms with E-state index in [2.05, 4.69) is 15.4 Å². The first-order valence-electron chi connectivity index (χ1n) is 10.0. The Morgan fingerprint density at radius 1 is 0.938 bits per heavy atom. The summed E-state index contributed by atoms with van der Waals surface area (Å²) in [4.78, 5) is 30.7. The van der Waals surface area contributed by atoms with Crippen LogP contribution in [0.2, 0.25) is 0 Å². The minimum atomic E-state index is -4.51. The van der Waals surface area contributed by atoms with E-state index in [0.717, 1.165) is 10.7 Å². The van der Waals surface area contributed by atoms with Crippen LogP contribution in [0.15, 0.2) is 61.1 Å². The number of benzene rings is 1. The lowest BCUT2D eigenvalue weighted by Gasteiger charge is -2.32. The average molecular weight is 443 g/mol. The van der Waals surface area contributed by atoms with Gasteiger partial charge in [-0.2, -0.15) is 18.3 Å². The van der Waals surface area contributed by atoms with E-state index in [-0.39, 0.29) is 17.9 Å². The van der Waals surface area contributed by atoms with Crippen molar-refractivity contribution in [1.29, 1.82) is 0 Å². The van der Waals surface area contributed by atoms with Gasteiger partial charge in [0.1, 0.15) is 0 Å². The van der Waals surface area contributed by atoms with Gasteiger partial charge in [0.2, 0.25) is 0 Å². The minimum absolute atomic E-state index is 0.0555. The number of hydrogen-bond acceptors (Lipinski definition) is 4. The summed E-state index contributed by atoms with van der Waals surface area (Å²) in [6.07, 6.45) is 1.13. The summed E-state index contributed by atoms with van der Waals surface area (Å²) in [5, 5.41) is 6.48. The molecule has 2 aromatic heterocycles. The number of halogens is 3. The van der Waals surface area contributed by atoms with Crippen LogP contribution in [0.25, 0.3) is 5.69 Å². The summed E-state index contributed by atoms with van der Waals surface area (Å²) in [5.41, 5.74) is 0.419. The third kappa shape index (κ3) is 4.79. The molecular weight excluding hydrogens is 423 g/mol. The lowest BCUT2D eigenvalue weighted by Crippen LogP contribution is -2.46. The molecule has 0 saturated carbocycles. The molecule has 0 bridgehead atoms. The van der Waals surface area contributed by atoms with Crippen molar-refractivity contribution in [3.8, 4) is 5.69 Å². The lowest BCUT2D eigenvalue weighted by atomic mass is 10.0. The van der Waals surface area contributed by atoms with Crippen molar-refractivity contribution in [2.75, 3.05) is 13.1 Å². The molecule has 1 aliphatic rings. The SMILES string of the molecule is O=C(NC1CCN(C(=O)c2ccncc2)CC1)c1ccc(-n2ccc(C(F)(F)F)n2)cc1. The van der Waals surface area contributed by atoms with Gasteiger partial charge in [-0.05, 0) is 55.3 Å². The van der Waals surface area contributed by atoms with E-state index >= 15 is 0 Å². The Kier molecular flexibility index (Phi) is 5.93. The van der Waals surface area contributed by atoms with Gasteiger partial charge in [-0.3, -0.25) is 14.6 Å². The predicted molar refractivity (Wildman–Crippen MR) is 109 cm³/mol. The maximum absolute atomic E-state index is 12.7. The monoisotopic (exact) mass is 443 g/mol. The number of nitrogens with one attached hydrogen (secondary N) is 1. The molecule has 7 nitrogen and oxygen atoms in total. The van der Waals surface area contributed by atoms with Crippen LogP contribution in [0.4, 0.5) is 13.2 Å². The second kappa shape index (κ2) is 8.81. The van der Waals surface area contributed by atoms with Crippen LogP contribution in [0, 0.1) is 0 Å². The van der Waals surface area contributed by atoms with Gasteiger partial charge < -0.3 is 10.2 Å². The van der Waals surface area contributed by atoms with Crippen LogP contribution >= 0.6 is 0 Å². The molecule has 1 saturated heterocycles. The van der Waals surface area contributed by atoms with E-state index in [1.54, 1.807) is 41.6 Å². The van der Waals surface area contributed by atoms with Gasteiger partial charge in [0.05, 0.1) is 5.69 Å². The molecule has 10 heteroatoms. The molecule has 4 rings (SSSR count). The molecule has 3 heterocycles. The van der Waals surface area contributed by atoms with Crippen molar-refractivity contribution < 1.29 is 22.8 Å². The van der Waals surface area contributed by atoms with E-state index in [0.29, 0.717) is 42.7 Å². The normalized spacial score (nSPS) is 14.9. The number of aromatic nitrogens is 3. The number of likely N-dealkylation sites (tertiary alicyclic amines) is 1. The van der Waals surface area contributed by atoms with Gasteiger partial charge in [0.15, 0.2) is 5.69 Å². The van der Waals surface area contributed by atoms with Crippen LogP contribution < -0.4 is 5.32 Å². The maximum Gasteiger partial charge on any atom is 0.435 e. The quantitative estimate of drug-likeness (QED) is 0.671. The Balaban J connectivity index is 1.32. The van der Waals surface area contributed by atoms with Gasteiger partial charge in [-0.1, -0.05) is 0 Å². The van der Waals surface area contributed by atoms with E-state index in [9.17, 15) is 22.8 Å². The number of hydrogen-bond donors (Lipinski definition) is 1. The zero-order valence-electron chi connectivity index (χ0n) is 16.9. The highest BCUT2D eigenvalue weighted by Gasteiger charge is 2.33. The standard InChI is InChI=1S/C22H20F3N5O2/c23-22(24,25)19-9-14-30(28-19)18-3-1-15(2-4-18)20(31)27-17-7-12-29(13-8-17)21(32)16-5-10-26-11-6-16/h1-6,9-11,14,17H,7-8,12-13H2,(H,27,31). The van der Waals surface area contributed by atoms with E-state index in [4.69, 9.17) is 0 Å². The summed E-state index contributed by atoms with van der Waals surface area (Å²) in [6, 6.07) is 10.3. The molecule has 0 spiro atoms. The van der Waals surface area contributed by atoms with Crippen LogP contribution in [0.1, 0.15) is 39.3 Å². The summed E-state index contributed by atoms with van der Waals surface area (Å²) in [6.45, 7) is 1.07. The number of nitrogens with zero attached hydrogens (tertiary/aromatic N) is 4. The molecule has 0 atom stereocenters. The van der Waals surface area contributed by atoms with Gasteiger partial charge in [0, 0.05) is 48.8 Å². The van der Waals surface area contributed by atoms with Gasteiger partial charge in [-0.15, -0.1) is 0 Å². The van der Waals surface area contributed by atoms with Crippen molar-refractivity contribution in [1.82, 2.24) is 25.0 Å². The zero-order valence-corrected chi connectivity index (χ0v) is 16.9. The molecule has 1 aromatic carbocycles. The molecule has 0 radical (unpaired) electrons. The molecule has 32 heavy (non-hydrogen) atoms. The first-order chi connectivity index (χ1) is 15.3. The van der Waals surface area contributed by atoms with Crippen LogP contribution in [-0.4, -0.2) is 50.6 Å². The summed E-state index contributed by atoms with van der Waals surface area (Å²) in [5.74, 6) is -0.327. The van der Waals surface area contributed by atoms with E-state index < -0.39 is 11.9 Å². The average Bonchev–Trinajstić information content (AvgIpc) is 3.31. The number of amides is 2. The molecule has 0 aliphatic carbocycles. The van der Waals surface area contributed by atoms with Gasteiger partial charge >= 0.3 is 6.18 Å². The van der Waals surface area contributed by atoms with Crippen molar-refractivity contribution >= 4 is 11.8 Å². The Hall–Kier alpha value is -3.69. The minimum Gasteiger partial charge on any atom is -0.349 e. The van der Waals surface area contributed by atoms with Crippen LogP contribution in [0.3, 0.4) is 0 Å². The van der Waals surface area contributed by atoms with E-state index in [1.165, 1.54) is 18.3 Å². The number of carbonyl (C=O) groups is 2. The topological polar surface area (TPSA) is 80.1 Å². The molecular formula is C22H20F3N5O2. The molecule has 3 aromatic rings. The number of alkyl halides is 3. The smallest absolute Gasteiger partial charge is 0.349 e. The van der Waals surface area contributed by atoms with Crippen molar-refractivity contribution in [3.05, 3.63) is 77.9 Å². The fourth-order valence-corrected chi connectivity index (χ4v) is 3.56. The van der Waals surface area contributed by atoms with Gasteiger partial charge in [0.25, 0.3) is 11.8 Å². The summed E-state index contributed by atoms with van der Waals surface area (Å²) >= 11 is 0.